The molecule has 1 N–H and O–H groups in total. The average Bonchev–Trinajstić information content (AvgIpc) is 3.14. The molecular weight excluding hydrogens is 296 g/mol. The summed E-state index contributed by atoms with van der Waals surface area (Å²) in [6.07, 6.45) is 0. The van der Waals surface area contributed by atoms with Crippen LogP contribution in [0.3, 0.4) is 0 Å². The number of rotatable bonds is 4. The summed E-state index contributed by atoms with van der Waals surface area (Å²) < 4.78 is 15.2. The summed E-state index contributed by atoms with van der Waals surface area (Å²) in [7, 11) is 0. The molecular formula is C12H10N4O6. The summed E-state index contributed by atoms with van der Waals surface area (Å²) in [5.74, 6) is -0.131. The van der Waals surface area contributed by atoms with Crippen molar-refractivity contribution in [2.75, 3.05) is 13.4 Å². The van der Waals surface area contributed by atoms with Gasteiger partial charge in [0.25, 0.3) is 5.69 Å². The zero-order chi connectivity index (χ0) is 15.7. The fourth-order valence-electron chi connectivity index (χ4n) is 2.03. The second-order valence-electron chi connectivity index (χ2n) is 4.22. The van der Waals surface area contributed by atoms with Crippen LogP contribution in [-0.2, 0) is 4.74 Å². The summed E-state index contributed by atoms with van der Waals surface area (Å²) in [4.78, 5) is 22.5. The first kappa shape index (κ1) is 13.8. The molecule has 0 spiro atoms. The minimum Gasteiger partial charge on any atom is -0.461 e. The van der Waals surface area contributed by atoms with E-state index in [9.17, 15) is 14.9 Å². The summed E-state index contributed by atoms with van der Waals surface area (Å²) >= 11 is 0. The highest BCUT2D eigenvalue weighted by atomic mass is 16.7. The predicted molar refractivity (Wildman–Crippen MR) is 70.6 cm³/mol. The number of ether oxygens (including phenoxy) is 3. The number of esters is 1. The van der Waals surface area contributed by atoms with Crippen molar-refractivity contribution >= 4 is 11.7 Å². The van der Waals surface area contributed by atoms with Crippen molar-refractivity contribution in [2.45, 2.75) is 6.92 Å². The van der Waals surface area contributed by atoms with Gasteiger partial charge in [-0.25, -0.2) is 4.79 Å². The average molecular weight is 306 g/mol. The Morgan fingerprint density at radius 3 is 2.82 bits per heavy atom. The number of aromatic amines is 1. The molecule has 1 aliphatic rings. The lowest BCUT2D eigenvalue weighted by molar-refractivity contribution is -0.384. The van der Waals surface area contributed by atoms with Crippen molar-refractivity contribution < 1.29 is 23.9 Å². The Morgan fingerprint density at radius 1 is 1.41 bits per heavy atom. The molecule has 2 aromatic rings. The molecule has 1 aromatic carbocycles. The molecule has 22 heavy (non-hydrogen) atoms. The number of nitrogens with zero attached hydrogens (tertiary/aromatic N) is 3. The predicted octanol–water partition coefficient (Wildman–Crippen LogP) is 1.29. The number of hydrogen-bond acceptors (Lipinski definition) is 8. The second-order valence-corrected chi connectivity index (χ2v) is 4.22. The van der Waals surface area contributed by atoms with Gasteiger partial charge in [-0.3, -0.25) is 10.1 Å². The van der Waals surface area contributed by atoms with Crippen LogP contribution in [0.4, 0.5) is 5.69 Å². The Morgan fingerprint density at radius 2 is 2.14 bits per heavy atom. The van der Waals surface area contributed by atoms with Gasteiger partial charge < -0.3 is 14.2 Å². The molecule has 0 saturated carbocycles. The van der Waals surface area contributed by atoms with Crippen molar-refractivity contribution in [3.05, 3.63) is 27.9 Å². The summed E-state index contributed by atoms with van der Waals surface area (Å²) in [5.41, 5.74) is -0.304. The van der Waals surface area contributed by atoms with Crippen LogP contribution < -0.4 is 9.47 Å². The standard InChI is InChI=1S/C12H10N4O6/c1-2-20-12(17)11-10(13-15-14-11)6-3-8-9(22-5-21-8)4-7(6)16(18)19/h3-4H,2,5H2,1H3,(H,13,14,15). The van der Waals surface area contributed by atoms with Gasteiger partial charge in [-0.05, 0) is 6.92 Å². The number of nitro benzene ring substituents is 1. The fourth-order valence-corrected chi connectivity index (χ4v) is 2.03. The molecule has 1 aliphatic heterocycles. The summed E-state index contributed by atoms with van der Waals surface area (Å²) in [6.45, 7) is 1.76. The first-order valence-electron chi connectivity index (χ1n) is 6.28. The van der Waals surface area contributed by atoms with Gasteiger partial charge in [0, 0.05) is 6.07 Å². The molecule has 1 aromatic heterocycles. The number of carbonyl (C=O) groups excluding carboxylic acids is 1. The monoisotopic (exact) mass is 306 g/mol. The van der Waals surface area contributed by atoms with Gasteiger partial charge in [-0.15, -0.1) is 5.10 Å². The Balaban J connectivity index is 2.14. The van der Waals surface area contributed by atoms with Gasteiger partial charge in [0.05, 0.1) is 23.2 Å². The smallest absolute Gasteiger partial charge is 0.361 e. The number of H-pyrrole nitrogens is 1. The van der Waals surface area contributed by atoms with E-state index in [1.807, 2.05) is 0 Å². The van der Waals surface area contributed by atoms with Crippen LogP contribution in [0.5, 0.6) is 11.5 Å². The number of nitrogens with one attached hydrogen (secondary N) is 1. The minimum atomic E-state index is -0.724. The van der Waals surface area contributed by atoms with E-state index in [-0.39, 0.29) is 41.8 Å². The molecule has 114 valence electrons. The number of benzene rings is 1. The number of fused-ring (bicyclic) bond motifs is 1. The van der Waals surface area contributed by atoms with E-state index in [0.717, 1.165) is 0 Å². The van der Waals surface area contributed by atoms with E-state index >= 15 is 0 Å². The van der Waals surface area contributed by atoms with Gasteiger partial charge in [0.2, 0.25) is 6.79 Å². The zero-order valence-electron chi connectivity index (χ0n) is 11.4. The van der Waals surface area contributed by atoms with Gasteiger partial charge in [-0.1, -0.05) is 0 Å². The number of nitro groups is 1. The van der Waals surface area contributed by atoms with Crippen molar-refractivity contribution in [1.82, 2.24) is 15.4 Å². The van der Waals surface area contributed by atoms with Crippen molar-refractivity contribution in [1.29, 1.82) is 0 Å². The van der Waals surface area contributed by atoms with Gasteiger partial charge >= 0.3 is 5.97 Å². The van der Waals surface area contributed by atoms with Gasteiger partial charge in [-0.2, -0.15) is 10.3 Å². The summed E-state index contributed by atoms with van der Waals surface area (Å²) in [5, 5.41) is 21.1. The Labute approximate surface area is 123 Å². The van der Waals surface area contributed by atoms with E-state index in [4.69, 9.17) is 14.2 Å². The van der Waals surface area contributed by atoms with E-state index in [1.54, 1.807) is 6.92 Å². The van der Waals surface area contributed by atoms with Crippen molar-refractivity contribution in [2.24, 2.45) is 0 Å². The molecule has 10 nitrogen and oxygen atoms in total. The van der Waals surface area contributed by atoms with Crippen molar-refractivity contribution in [3.63, 3.8) is 0 Å². The van der Waals surface area contributed by atoms with Crippen LogP contribution in [0.15, 0.2) is 12.1 Å². The maximum absolute atomic E-state index is 11.8. The Hall–Kier alpha value is -3.17. The van der Waals surface area contributed by atoms with Crippen LogP contribution in [0.2, 0.25) is 0 Å². The third kappa shape index (κ3) is 2.20. The molecule has 3 rings (SSSR count). The van der Waals surface area contributed by atoms with E-state index in [2.05, 4.69) is 15.4 Å². The number of aromatic nitrogens is 3. The molecule has 2 heterocycles. The highest BCUT2D eigenvalue weighted by Crippen LogP contribution is 2.42. The number of hydrogen-bond donors (Lipinski definition) is 1. The fraction of sp³-hybridized carbons (Fsp3) is 0.250. The van der Waals surface area contributed by atoms with Crippen LogP contribution in [-0.4, -0.2) is 39.7 Å². The quantitative estimate of drug-likeness (QED) is 0.508. The Bertz CT molecular complexity index is 756. The minimum absolute atomic E-state index is 0.0171. The summed E-state index contributed by atoms with van der Waals surface area (Å²) in [6, 6.07) is 2.61. The lowest BCUT2D eigenvalue weighted by Crippen LogP contribution is -2.07. The molecule has 0 radical (unpaired) electrons. The highest BCUT2D eigenvalue weighted by molar-refractivity contribution is 5.95. The maximum atomic E-state index is 11.8. The van der Waals surface area contributed by atoms with Crippen LogP contribution >= 0.6 is 0 Å². The molecule has 0 aliphatic carbocycles. The lowest BCUT2D eigenvalue weighted by atomic mass is 10.1. The first-order chi connectivity index (χ1) is 10.6. The van der Waals surface area contributed by atoms with Crippen LogP contribution in [0, 0.1) is 10.1 Å². The zero-order valence-corrected chi connectivity index (χ0v) is 11.4. The van der Waals surface area contributed by atoms with E-state index in [0.29, 0.717) is 5.75 Å². The van der Waals surface area contributed by atoms with Gasteiger partial charge in [0.15, 0.2) is 17.2 Å². The van der Waals surface area contributed by atoms with Crippen LogP contribution in [0.1, 0.15) is 17.4 Å². The molecule has 0 atom stereocenters. The molecule has 0 bridgehead atoms. The Kier molecular flexibility index (Phi) is 3.33. The molecule has 0 fully saturated rings. The molecule has 0 saturated heterocycles. The lowest BCUT2D eigenvalue weighted by Gasteiger charge is -2.04. The van der Waals surface area contributed by atoms with E-state index < -0.39 is 10.9 Å². The maximum Gasteiger partial charge on any atom is 0.361 e. The molecule has 0 unspecified atom stereocenters. The normalized spacial score (nSPS) is 12.2. The number of carbonyl (C=O) groups is 1. The largest absolute Gasteiger partial charge is 0.461 e. The molecule has 10 heteroatoms. The van der Waals surface area contributed by atoms with Gasteiger partial charge in [0.1, 0.15) is 5.69 Å². The van der Waals surface area contributed by atoms with E-state index in [1.165, 1.54) is 12.1 Å². The third-order valence-corrected chi connectivity index (χ3v) is 2.96. The third-order valence-electron chi connectivity index (χ3n) is 2.96. The molecule has 0 amide bonds. The SMILES string of the molecule is CCOC(=O)c1n[nH]nc1-c1cc2c(cc1[N+](=O)[O-])OCO2. The van der Waals surface area contributed by atoms with Crippen LogP contribution in [0.25, 0.3) is 11.3 Å². The first-order valence-corrected chi connectivity index (χ1v) is 6.28. The highest BCUT2D eigenvalue weighted by Gasteiger charge is 2.29. The second kappa shape index (κ2) is 5.31. The van der Waals surface area contributed by atoms with Crippen molar-refractivity contribution in [3.8, 4) is 22.8 Å². The topological polar surface area (TPSA) is 129 Å².